The highest BCUT2D eigenvalue weighted by atomic mass is 35.5. The van der Waals surface area contributed by atoms with Crippen LogP contribution in [-0.2, 0) is 0 Å². The lowest BCUT2D eigenvalue weighted by atomic mass is 10.2. The van der Waals surface area contributed by atoms with E-state index >= 15 is 0 Å². The number of amides is 1. The summed E-state index contributed by atoms with van der Waals surface area (Å²) in [6, 6.07) is 10.4. The van der Waals surface area contributed by atoms with E-state index in [-0.39, 0.29) is 5.91 Å². The van der Waals surface area contributed by atoms with Crippen LogP contribution in [0, 0.1) is 6.92 Å². The highest BCUT2D eigenvalue weighted by Gasteiger charge is 2.07. The number of rotatable bonds is 3. The Balaban J connectivity index is 1.76. The number of pyridine rings is 1. The third-order valence-electron chi connectivity index (χ3n) is 3.17. The van der Waals surface area contributed by atoms with Crippen molar-refractivity contribution >= 4 is 23.2 Å². The van der Waals surface area contributed by atoms with Gasteiger partial charge in [-0.05, 0) is 37.3 Å². The van der Waals surface area contributed by atoms with Crippen LogP contribution in [0.25, 0.3) is 5.82 Å². The molecule has 0 aliphatic heterocycles. The van der Waals surface area contributed by atoms with Gasteiger partial charge in [-0.2, -0.15) is 0 Å². The van der Waals surface area contributed by atoms with Gasteiger partial charge in [0.15, 0.2) is 0 Å². The molecule has 0 radical (unpaired) electrons. The number of halogens is 1. The van der Waals surface area contributed by atoms with Crippen molar-refractivity contribution < 1.29 is 4.79 Å². The monoisotopic (exact) mass is 312 g/mol. The number of anilines is 1. The molecule has 22 heavy (non-hydrogen) atoms. The molecule has 0 fully saturated rings. The number of hydrogen-bond acceptors (Lipinski definition) is 3. The Morgan fingerprint density at radius 2 is 2.09 bits per heavy atom. The molecule has 0 aliphatic rings. The number of carbonyl (C=O) groups excluding carboxylic acids is 1. The molecule has 0 unspecified atom stereocenters. The normalized spacial score (nSPS) is 10.5. The van der Waals surface area contributed by atoms with E-state index in [1.165, 1.54) is 0 Å². The van der Waals surface area contributed by atoms with Crippen molar-refractivity contribution in [1.29, 1.82) is 0 Å². The number of hydrogen-bond donors (Lipinski definition) is 1. The van der Waals surface area contributed by atoms with E-state index in [1.807, 2.05) is 23.8 Å². The van der Waals surface area contributed by atoms with Gasteiger partial charge >= 0.3 is 0 Å². The molecule has 5 nitrogen and oxygen atoms in total. The summed E-state index contributed by atoms with van der Waals surface area (Å²) in [6.45, 7) is 1.90. The van der Waals surface area contributed by atoms with Crippen LogP contribution < -0.4 is 5.32 Å². The molecule has 0 atom stereocenters. The van der Waals surface area contributed by atoms with Gasteiger partial charge in [-0.25, -0.2) is 9.97 Å². The summed E-state index contributed by atoms with van der Waals surface area (Å²) in [6.07, 6.45) is 5.16. The van der Waals surface area contributed by atoms with Crippen molar-refractivity contribution in [2.24, 2.45) is 0 Å². The molecule has 0 saturated carbocycles. The Kier molecular flexibility index (Phi) is 3.89. The van der Waals surface area contributed by atoms with Crippen LogP contribution in [0.15, 0.2) is 55.0 Å². The third kappa shape index (κ3) is 2.99. The van der Waals surface area contributed by atoms with E-state index in [2.05, 4.69) is 15.3 Å². The van der Waals surface area contributed by atoms with Gasteiger partial charge in [0.1, 0.15) is 11.6 Å². The number of imidazole rings is 1. The van der Waals surface area contributed by atoms with Crippen LogP contribution in [-0.4, -0.2) is 20.4 Å². The van der Waals surface area contributed by atoms with Gasteiger partial charge in [0.25, 0.3) is 5.91 Å². The minimum atomic E-state index is -0.226. The highest BCUT2D eigenvalue weighted by Crippen LogP contribution is 2.15. The zero-order chi connectivity index (χ0) is 15.5. The topological polar surface area (TPSA) is 59.8 Å². The zero-order valence-corrected chi connectivity index (χ0v) is 12.6. The molecule has 2 aromatic heterocycles. The second-order valence-corrected chi connectivity index (χ2v) is 5.15. The maximum absolute atomic E-state index is 12.1. The number of nitrogens with one attached hydrogen (secondary N) is 1. The molecule has 0 bridgehead atoms. The molecule has 3 rings (SSSR count). The lowest BCUT2D eigenvalue weighted by Crippen LogP contribution is -2.12. The predicted molar refractivity (Wildman–Crippen MR) is 85.5 cm³/mol. The Morgan fingerprint density at radius 1 is 1.23 bits per heavy atom. The van der Waals surface area contributed by atoms with Gasteiger partial charge in [0.2, 0.25) is 0 Å². The number of carbonyl (C=O) groups is 1. The minimum absolute atomic E-state index is 0.226. The summed E-state index contributed by atoms with van der Waals surface area (Å²) < 4.78 is 1.86. The molecule has 1 aromatic carbocycles. The number of benzene rings is 1. The van der Waals surface area contributed by atoms with Crippen LogP contribution in [0.2, 0.25) is 5.02 Å². The SMILES string of the molecule is Cc1nccn1-c1ccc(NC(=O)c2cccc(Cl)c2)cn1. The minimum Gasteiger partial charge on any atom is -0.321 e. The Hall–Kier alpha value is -2.66. The van der Waals surface area contributed by atoms with E-state index in [0.717, 1.165) is 11.6 Å². The fourth-order valence-electron chi connectivity index (χ4n) is 2.06. The van der Waals surface area contributed by atoms with Crippen LogP contribution >= 0.6 is 11.6 Å². The van der Waals surface area contributed by atoms with E-state index in [0.29, 0.717) is 16.3 Å². The molecule has 6 heteroatoms. The first-order chi connectivity index (χ1) is 10.6. The zero-order valence-electron chi connectivity index (χ0n) is 11.8. The second kappa shape index (κ2) is 5.99. The number of aromatic nitrogens is 3. The van der Waals surface area contributed by atoms with Crippen molar-refractivity contribution in [3.05, 3.63) is 71.4 Å². The van der Waals surface area contributed by atoms with E-state index in [9.17, 15) is 4.79 Å². The molecule has 0 spiro atoms. The van der Waals surface area contributed by atoms with Crippen molar-refractivity contribution in [1.82, 2.24) is 14.5 Å². The number of nitrogens with zero attached hydrogens (tertiary/aromatic N) is 3. The first-order valence-corrected chi connectivity index (χ1v) is 7.04. The lowest BCUT2D eigenvalue weighted by Gasteiger charge is -2.07. The van der Waals surface area contributed by atoms with Crippen LogP contribution in [0.4, 0.5) is 5.69 Å². The molecule has 3 aromatic rings. The van der Waals surface area contributed by atoms with Crippen LogP contribution in [0.5, 0.6) is 0 Å². The average Bonchev–Trinajstić information content (AvgIpc) is 2.94. The van der Waals surface area contributed by atoms with Gasteiger partial charge < -0.3 is 5.32 Å². The van der Waals surface area contributed by atoms with Gasteiger partial charge in [0, 0.05) is 23.0 Å². The average molecular weight is 313 g/mol. The summed E-state index contributed by atoms with van der Waals surface area (Å²) in [4.78, 5) is 20.6. The Labute approximate surface area is 132 Å². The second-order valence-electron chi connectivity index (χ2n) is 4.71. The van der Waals surface area contributed by atoms with Gasteiger partial charge in [-0.3, -0.25) is 9.36 Å². The molecule has 0 aliphatic carbocycles. The predicted octanol–water partition coefficient (Wildman–Crippen LogP) is 3.48. The molecule has 1 amide bonds. The van der Waals surface area contributed by atoms with Gasteiger partial charge in [-0.15, -0.1) is 0 Å². The largest absolute Gasteiger partial charge is 0.321 e. The highest BCUT2D eigenvalue weighted by molar-refractivity contribution is 6.31. The molecule has 2 heterocycles. The third-order valence-corrected chi connectivity index (χ3v) is 3.40. The summed E-state index contributed by atoms with van der Waals surface area (Å²) in [5.41, 5.74) is 1.12. The van der Waals surface area contributed by atoms with Crippen LogP contribution in [0.3, 0.4) is 0 Å². The maximum Gasteiger partial charge on any atom is 0.255 e. The van der Waals surface area contributed by atoms with Crippen molar-refractivity contribution in [2.45, 2.75) is 6.92 Å². The van der Waals surface area contributed by atoms with E-state index < -0.39 is 0 Å². The van der Waals surface area contributed by atoms with E-state index in [4.69, 9.17) is 11.6 Å². The number of aryl methyl sites for hydroxylation is 1. The van der Waals surface area contributed by atoms with Crippen molar-refractivity contribution in [2.75, 3.05) is 5.32 Å². The standard InChI is InChI=1S/C16H13ClN4O/c1-11-18-7-8-21(11)15-6-5-14(10-19-15)20-16(22)12-3-2-4-13(17)9-12/h2-10H,1H3,(H,20,22). The fourth-order valence-corrected chi connectivity index (χ4v) is 2.25. The fraction of sp³-hybridized carbons (Fsp3) is 0.0625. The molecular weight excluding hydrogens is 300 g/mol. The molecule has 1 N–H and O–H groups in total. The maximum atomic E-state index is 12.1. The van der Waals surface area contributed by atoms with Crippen LogP contribution in [0.1, 0.15) is 16.2 Å². The van der Waals surface area contributed by atoms with E-state index in [1.54, 1.807) is 42.7 Å². The molecule has 110 valence electrons. The van der Waals surface area contributed by atoms with Crippen molar-refractivity contribution in [3.8, 4) is 5.82 Å². The van der Waals surface area contributed by atoms with Gasteiger partial charge in [0.05, 0.1) is 11.9 Å². The van der Waals surface area contributed by atoms with Crippen molar-refractivity contribution in [3.63, 3.8) is 0 Å². The first-order valence-electron chi connectivity index (χ1n) is 6.67. The Bertz CT molecular complexity index is 811. The summed E-state index contributed by atoms with van der Waals surface area (Å²) in [7, 11) is 0. The molecule has 0 saturated heterocycles. The summed E-state index contributed by atoms with van der Waals surface area (Å²) in [5.74, 6) is 1.37. The Morgan fingerprint density at radius 3 is 2.73 bits per heavy atom. The summed E-state index contributed by atoms with van der Waals surface area (Å²) in [5, 5.41) is 3.31. The smallest absolute Gasteiger partial charge is 0.255 e. The lowest BCUT2D eigenvalue weighted by molar-refractivity contribution is 0.102. The van der Waals surface area contributed by atoms with Gasteiger partial charge in [-0.1, -0.05) is 17.7 Å². The molecular formula is C16H13ClN4O. The quantitative estimate of drug-likeness (QED) is 0.805. The first kappa shape index (κ1) is 14.3. The summed E-state index contributed by atoms with van der Waals surface area (Å²) >= 11 is 5.88.